The zero-order valence-electron chi connectivity index (χ0n) is 11.6. The Labute approximate surface area is 126 Å². The van der Waals surface area contributed by atoms with Crippen molar-refractivity contribution in [3.8, 4) is 5.75 Å². The SMILES string of the molecule is Cc1cc(/C=C/C(=O)c2ccc(C(=O)O)s2)cc(C)c1O. The Morgan fingerprint density at radius 1 is 1.10 bits per heavy atom. The molecule has 2 aromatic rings. The topological polar surface area (TPSA) is 74.6 Å². The molecule has 1 aromatic carbocycles. The average Bonchev–Trinajstić information content (AvgIpc) is 2.92. The number of carboxylic acid groups (broad SMARTS) is 1. The van der Waals surface area contributed by atoms with E-state index in [9.17, 15) is 14.7 Å². The van der Waals surface area contributed by atoms with Gasteiger partial charge in [-0.15, -0.1) is 11.3 Å². The van der Waals surface area contributed by atoms with Gasteiger partial charge in [0.2, 0.25) is 0 Å². The van der Waals surface area contributed by atoms with Gasteiger partial charge in [-0.3, -0.25) is 4.79 Å². The van der Waals surface area contributed by atoms with E-state index in [-0.39, 0.29) is 16.4 Å². The van der Waals surface area contributed by atoms with Gasteiger partial charge in [0.15, 0.2) is 5.78 Å². The molecule has 108 valence electrons. The van der Waals surface area contributed by atoms with Crippen LogP contribution in [0.25, 0.3) is 6.08 Å². The van der Waals surface area contributed by atoms with Crippen molar-refractivity contribution >= 4 is 29.2 Å². The van der Waals surface area contributed by atoms with Crippen molar-refractivity contribution in [3.05, 3.63) is 56.8 Å². The molecule has 2 N–H and O–H groups in total. The first kappa shape index (κ1) is 15.0. The lowest BCUT2D eigenvalue weighted by molar-refractivity contribution is 0.0702. The summed E-state index contributed by atoms with van der Waals surface area (Å²) in [4.78, 5) is 23.3. The van der Waals surface area contributed by atoms with Crippen LogP contribution in [0.5, 0.6) is 5.75 Å². The number of carbonyl (C=O) groups excluding carboxylic acids is 1. The maximum atomic E-state index is 12.0. The summed E-state index contributed by atoms with van der Waals surface area (Å²) in [5.74, 6) is -1.02. The summed E-state index contributed by atoms with van der Waals surface area (Å²) in [6.07, 6.45) is 3.06. The van der Waals surface area contributed by atoms with Crippen LogP contribution in [-0.4, -0.2) is 22.0 Å². The third-order valence-electron chi connectivity index (χ3n) is 3.00. The van der Waals surface area contributed by atoms with Crippen LogP contribution in [0.3, 0.4) is 0 Å². The standard InChI is InChI=1S/C16H14O4S/c1-9-7-11(8-10(2)15(9)18)3-4-12(17)13-5-6-14(21-13)16(19)20/h3-8,18H,1-2H3,(H,19,20)/b4-3+. The number of phenols is 1. The van der Waals surface area contributed by atoms with Crippen LogP contribution in [-0.2, 0) is 0 Å². The molecule has 0 saturated heterocycles. The number of ketones is 1. The van der Waals surface area contributed by atoms with Gasteiger partial charge < -0.3 is 10.2 Å². The summed E-state index contributed by atoms with van der Waals surface area (Å²) in [6.45, 7) is 3.58. The zero-order valence-corrected chi connectivity index (χ0v) is 12.4. The van der Waals surface area contributed by atoms with Crippen molar-refractivity contribution in [1.29, 1.82) is 0 Å². The molecule has 4 nitrogen and oxygen atoms in total. The lowest BCUT2D eigenvalue weighted by Crippen LogP contribution is -1.91. The molecule has 21 heavy (non-hydrogen) atoms. The zero-order chi connectivity index (χ0) is 15.6. The Morgan fingerprint density at radius 2 is 1.67 bits per heavy atom. The van der Waals surface area contributed by atoms with Gasteiger partial charge in [0, 0.05) is 0 Å². The minimum Gasteiger partial charge on any atom is -0.507 e. The van der Waals surface area contributed by atoms with Crippen LogP contribution < -0.4 is 0 Å². The molecule has 5 heteroatoms. The van der Waals surface area contributed by atoms with E-state index in [2.05, 4.69) is 0 Å². The van der Waals surface area contributed by atoms with Gasteiger partial charge in [-0.1, -0.05) is 6.08 Å². The number of carbonyl (C=O) groups is 2. The van der Waals surface area contributed by atoms with Crippen molar-refractivity contribution < 1.29 is 19.8 Å². The maximum absolute atomic E-state index is 12.0. The Balaban J connectivity index is 2.20. The summed E-state index contributed by atoms with van der Waals surface area (Å²) < 4.78 is 0. The molecule has 0 aliphatic carbocycles. The Hall–Kier alpha value is -2.40. The molecule has 1 aromatic heterocycles. The van der Waals surface area contributed by atoms with Crippen molar-refractivity contribution in [2.45, 2.75) is 13.8 Å². The fourth-order valence-electron chi connectivity index (χ4n) is 1.92. The van der Waals surface area contributed by atoms with Crippen LogP contribution >= 0.6 is 11.3 Å². The molecular weight excluding hydrogens is 288 g/mol. The van der Waals surface area contributed by atoms with Gasteiger partial charge in [0.05, 0.1) is 4.88 Å². The second-order valence-corrected chi connectivity index (χ2v) is 5.75. The molecular formula is C16H14O4S. The first-order chi connectivity index (χ1) is 9.88. The number of aryl methyl sites for hydroxylation is 2. The fourth-order valence-corrected chi connectivity index (χ4v) is 2.69. The highest BCUT2D eigenvalue weighted by Gasteiger charge is 2.10. The molecule has 0 spiro atoms. The predicted molar refractivity (Wildman–Crippen MR) is 82.2 cm³/mol. The van der Waals surface area contributed by atoms with E-state index in [1.165, 1.54) is 18.2 Å². The molecule has 2 rings (SSSR count). The number of benzene rings is 1. The Morgan fingerprint density at radius 3 is 2.19 bits per heavy atom. The Kier molecular flexibility index (Phi) is 4.23. The molecule has 0 fully saturated rings. The highest BCUT2D eigenvalue weighted by atomic mass is 32.1. The lowest BCUT2D eigenvalue weighted by atomic mass is 10.1. The van der Waals surface area contributed by atoms with Gasteiger partial charge in [-0.25, -0.2) is 4.79 Å². The van der Waals surface area contributed by atoms with E-state index in [1.807, 2.05) is 0 Å². The van der Waals surface area contributed by atoms with E-state index in [0.717, 1.165) is 28.0 Å². The summed E-state index contributed by atoms with van der Waals surface area (Å²) in [5, 5.41) is 18.5. The van der Waals surface area contributed by atoms with E-state index >= 15 is 0 Å². The number of allylic oxidation sites excluding steroid dienone is 1. The molecule has 0 bridgehead atoms. The smallest absolute Gasteiger partial charge is 0.345 e. The van der Waals surface area contributed by atoms with E-state index in [0.29, 0.717) is 4.88 Å². The number of thiophene rings is 1. The second kappa shape index (κ2) is 5.93. The Bertz CT molecular complexity index is 717. The van der Waals surface area contributed by atoms with Crippen molar-refractivity contribution in [1.82, 2.24) is 0 Å². The van der Waals surface area contributed by atoms with Crippen LogP contribution in [0.1, 0.15) is 36.0 Å². The minimum absolute atomic E-state index is 0.142. The molecule has 0 aliphatic heterocycles. The number of rotatable bonds is 4. The van der Waals surface area contributed by atoms with Crippen molar-refractivity contribution in [2.75, 3.05) is 0 Å². The number of aromatic hydroxyl groups is 1. The number of hydrogen-bond donors (Lipinski definition) is 2. The van der Waals surface area contributed by atoms with E-state index in [4.69, 9.17) is 5.11 Å². The highest BCUT2D eigenvalue weighted by Crippen LogP contribution is 2.24. The number of carboxylic acids is 1. The molecule has 0 radical (unpaired) electrons. The molecule has 0 amide bonds. The average molecular weight is 302 g/mol. The molecule has 0 saturated carbocycles. The van der Waals surface area contributed by atoms with Crippen molar-refractivity contribution in [3.63, 3.8) is 0 Å². The molecule has 0 unspecified atom stereocenters. The molecule has 0 atom stereocenters. The van der Waals surface area contributed by atoms with Gasteiger partial charge in [0.1, 0.15) is 10.6 Å². The van der Waals surface area contributed by atoms with Crippen LogP contribution in [0.15, 0.2) is 30.3 Å². The fraction of sp³-hybridized carbons (Fsp3) is 0.125. The van der Waals surface area contributed by atoms with Gasteiger partial charge in [-0.05, 0) is 60.9 Å². The van der Waals surface area contributed by atoms with Crippen LogP contribution in [0, 0.1) is 13.8 Å². The largest absolute Gasteiger partial charge is 0.507 e. The second-order valence-electron chi connectivity index (χ2n) is 4.67. The molecule has 1 heterocycles. The quantitative estimate of drug-likeness (QED) is 0.667. The van der Waals surface area contributed by atoms with Gasteiger partial charge in [-0.2, -0.15) is 0 Å². The normalized spacial score (nSPS) is 11.0. The number of hydrogen-bond acceptors (Lipinski definition) is 4. The van der Waals surface area contributed by atoms with Gasteiger partial charge in [0.25, 0.3) is 0 Å². The van der Waals surface area contributed by atoms with E-state index in [1.54, 1.807) is 32.1 Å². The molecule has 0 aliphatic rings. The van der Waals surface area contributed by atoms with Gasteiger partial charge >= 0.3 is 5.97 Å². The summed E-state index contributed by atoms with van der Waals surface area (Å²) in [7, 11) is 0. The van der Waals surface area contributed by atoms with Crippen LogP contribution in [0.4, 0.5) is 0 Å². The summed E-state index contributed by atoms with van der Waals surface area (Å²) >= 11 is 0.953. The predicted octanol–water partition coefficient (Wildman–Crippen LogP) is 3.66. The third-order valence-corrected chi connectivity index (χ3v) is 4.09. The first-order valence-electron chi connectivity index (χ1n) is 6.24. The van der Waals surface area contributed by atoms with Crippen LogP contribution in [0.2, 0.25) is 0 Å². The highest BCUT2D eigenvalue weighted by molar-refractivity contribution is 7.16. The summed E-state index contributed by atoms with van der Waals surface area (Å²) in [5.41, 5.74) is 2.30. The monoisotopic (exact) mass is 302 g/mol. The number of phenolic OH excluding ortho intramolecular Hbond substituents is 1. The van der Waals surface area contributed by atoms with Crippen molar-refractivity contribution in [2.24, 2.45) is 0 Å². The third kappa shape index (κ3) is 3.38. The lowest BCUT2D eigenvalue weighted by Gasteiger charge is -2.04. The number of aromatic carboxylic acids is 1. The first-order valence-corrected chi connectivity index (χ1v) is 7.06. The summed E-state index contributed by atoms with van der Waals surface area (Å²) in [6, 6.07) is 6.49. The minimum atomic E-state index is -1.03. The van der Waals surface area contributed by atoms with E-state index < -0.39 is 5.97 Å². The maximum Gasteiger partial charge on any atom is 0.345 e.